The van der Waals surface area contributed by atoms with Crippen molar-refractivity contribution >= 4 is 17.4 Å². The number of anilines is 1. The molecule has 2 aliphatic heterocycles. The van der Waals surface area contributed by atoms with E-state index in [-0.39, 0.29) is 54.4 Å². The molecule has 0 aromatic heterocycles. The highest BCUT2D eigenvalue weighted by Crippen LogP contribution is 2.56. The molecule has 3 aromatic carbocycles. The molecule has 3 aliphatic rings. The van der Waals surface area contributed by atoms with E-state index in [2.05, 4.69) is 5.32 Å². The van der Waals surface area contributed by atoms with Crippen molar-refractivity contribution in [1.82, 2.24) is 0 Å². The van der Waals surface area contributed by atoms with Crippen LogP contribution in [-0.4, -0.2) is 44.5 Å². The van der Waals surface area contributed by atoms with Gasteiger partial charge in [-0.15, -0.1) is 0 Å². The number of esters is 1. The Morgan fingerprint density at radius 3 is 2.32 bits per heavy atom. The molecular weight excluding hydrogens is 490 g/mol. The Kier molecular flexibility index (Phi) is 5.78. The summed E-state index contributed by atoms with van der Waals surface area (Å²) in [6, 6.07) is 14.3. The SMILES string of the molecule is COc1cc([C@H]2c3cc4c(cc3[C@@H](Nc3cccc(C(C)=O)c3)C3COC(=O)[C@@H]32)OCO4)cc(OC)c1O. The number of nitrogens with one attached hydrogen (secondary N) is 1. The van der Waals surface area contributed by atoms with Crippen LogP contribution in [0.25, 0.3) is 0 Å². The third-order valence-electron chi connectivity index (χ3n) is 7.64. The highest BCUT2D eigenvalue weighted by atomic mass is 16.7. The smallest absolute Gasteiger partial charge is 0.310 e. The summed E-state index contributed by atoms with van der Waals surface area (Å²) in [6.45, 7) is 1.86. The highest BCUT2D eigenvalue weighted by Gasteiger charge is 2.52. The van der Waals surface area contributed by atoms with Gasteiger partial charge in [0.05, 0.1) is 32.8 Å². The van der Waals surface area contributed by atoms with Crippen molar-refractivity contribution < 1.29 is 38.4 Å². The van der Waals surface area contributed by atoms with Crippen LogP contribution in [0.1, 0.15) is 45.9 Å². The zero-order valence-corrected chi connectivity index (χ0v) is 21.1. The zero-order valence-electron chi connectivity index (χ0n) is 21.1. The van der Waals surface area contributed by atoms with Crippen molar-refractivity contribution in [2.75, 3.05) is 32.9 Å². The Balaban J connectivity index is 1.54. The number of aromatic hydroxyl groups is 1. The standard InChI is InChI=1S/C29H27NO8/c1-14(31)15-5-4-6-17(7-15)30-27-19-11-22-21(37-13-38-22)10-18(19)25(26-20(27)12-36-29(26)33)16-8-23(34-2)28(32)24(9-16)35-3/h4-11,20,25-27,30,32H,12-13H2,1-3H3/t20?,25-,26-,27+/m0/s1. The van der Waals surface area contributed by atoms with Crippen LogP contribution in [0.4, 0.5) is 5.69 Å². The van der Waals surface area contributed by atoms with Crippen molar-refractivity contribution in [3.05, 3.63) is 70.8 Å². The molecule has 2 heterocycles. The molecule has 4 atom stereocenters. The second-order valence-electron chi connectivity index (χ2n) is 9.66. The van der Waals surface area contributed by atoms with Crippen molar-refractivity contribution in [3.63, 3.8) is 0 Å². The van der Waals surface area contributed by atoms with Gasteiger partial charge in [-0.3, -0.25) is 9.59 Å². The Morgan fingerprint density at radius 2 is 1.66 bits per heavy atom. The molecule has 1 unspecified atom stereocenters. The van der Waals surface area contributed by atoms with Crippen molar-refractivity contribution in [1.29, 1.82) is 0 Å². The number of hydrogen-bond donors (Lipinski definition) is 2. The van der Waals surface area contributed by atoms with Crippen LogP contribution in [0.2, 0.25) is 0 Å². The van der Waals surface area contributed by atoms with E-state index in [9.17, 15) is 14.7 Å². The molecule has 196 valence electrons. The Hall–Kier alpha value is -4.40. The van der Waals surface area contributed by atoms with E-state index in [0.717, 1.165) is 22.4 Å². The second kappa shape index (κ2) is 9.16. The number of carbonyl (C=O) groups is 2. The fraction of sp³-hybridized carbons (Fsp3) is 0.310. The molecule has 9 heteroatoms. The van der Waals surface area contributed by atoms with E-state index < -0.39 is 11.8 Å². The number of fused-ring (bicyclic) bond motifs is 3. The molecule has 2 N–H and O–H groups in total. The molecule has 1 aliphatic carbocycles. The lowest BCUT2D eigenvalue weighted by atomic mass is 9.65. The quantitative estimate of drug-likeness (QED) is 0.362. The van der Waals surface area contributed by atoms with Gasteiger partial charge in [0, 0.05) is 23.1 Å². The third-order valence-corrected chi connectivity index (χ3v) is 7.64. The minimum Gasteiger partial charge on any atom is -0.502 e. The molecule has 1 saturated heterocycles. The number of phenolic OH excluding ortho intramolecular Hbond substituents is 1. The summed E-state index contributed by atoms with van der Waals surface area (Å²) in [6.07, 6.45) is 0. The average Bonchev–Trinajstić information content (AvgIpc) is 3.54. The Bertz CT molecular complexity index is 1430. The van der Waals surface area contributed by atoms with Crippen molar-refractivity contribution in [2.24, 2.45) is 11.8 Å². The Labute approximate surface area is 219 Å². The molecule has 1 fully saturated rings. The van der Waals surface area contributed by atoms with Crippen LogP contribution in [0.3, 0.4) is 0 Å². The predicted octanol–water partition coefficient (Wildman–Crippen LogP) is 4.43. The maximum Gasteiger partial charge on any atom is 0.310 e. The van der Waals surface area contributed by atoms with Crippen LogP contribution in [0.5, 0.6) is 28.7 Å². The summed E-state index contributed by atoms with van der Waals surface area (Å²) in [5.41, 5.74) is 3.88. The van der Waals surface area contributed by atoms with Gasteiger partial charge in [0.25, 0.3) is 0 Å². The summed E-state index contributed by atoms with van der Waals surface area (Å²) in [7, 11) is 2.93. The number of rotatable bonds is 6. The summed E-state index contributed by atoms with van der Waals surface area (Å²) in [4.78, 5) is 25.3. The van der Waals surface area contributed by atoms with E-state index in [1.165, 1.54) is 21.1 Å². The summed E-state index contributed by atoms with van der Waals surface area (Å²) < 4.78 is 27.9. The average molecular weight is 518 g/mol. The molecular formula is C29H27NO8. The summed E-state index contributed by atoms with van der Waals surface area (Å²) in [5.74, 6) is 0.0525. The minimum absolute atomic E-state index is 0.0337. The zero-order chi connectivity index (χ0) is 26.6. The number of methoxy groups -OCH3 is 2. The molecule has 38 heavy (non-hydrogen) atoms. The number of carbonyl (C=O) groups excluding carboxylic acids is 2. The predicted molar refractivity (Wildman–Crippen MR) is 136 cm³/mol. The van der Waals surface area contributed by atoms with Crippen LogP contribution in [-0.2, 0) is 9.53 Å². The first-order valence-electron chi connectivity index (χ1n) is 12.3. The largest absolute Gasteiger partial charge is 0.502 e. The number of ketones is 1. The first kappa shape index (κ1) is 24.0. The van der Waals surface area contributed by atoms with Crippen molar-refractivity contribution in [2.45, 2.75) is 18.9 Å². The molecule has 9 nitrogen and oxygen atoms in total. The number of benzene rings is 3. The Morgan fingerprint density at radius 1 is 0.974 bits per heavy atom. The maximum absolute atomic E-state index is 13.3. The van der Waals surface area contributed by atoms with Gasteiger partial charge in [-0.25, -0.2) is 0 Å². The van der Waals surface area contributed by atoms with Gasteiger partial charge in [0.15, 0.2) is 28.8 Å². The van der Waals surface area contributed by atoms with Crippen LogP contribution in [0.15, 0.2) is 48.5 Å². The topological polar surface area (TPSA) is 113 Å². The van der Waals surface area contributed by atoms with Crippen LogP contribution >= 0.6 is 0 Å². The number of Topliss-reactive ketones (excluding diaryl/α,β-unsaturated/α-hetero) is 1. The van der Waals surface area contributed by atoms with Crippen LogP contribution < -0.4 is 24.3 Å². The molecule has 0 radical (unpaired) electrons. The van der Waals surface area contributed by atoms with E-state index in [0.29, 0.717) is 17.1 Å². The van der Waals surface area contributed by atoms with Gasteiger partial charge in [-0.2, -0.15) is 0 Å². The molecule has 6 rings (SSSR count). The molecule has 0 bridgehead atoms. The third kappa shape index (κ3) is 3.77. The van der Waals surface area contributed by atoms with Gasteiger partial charge in [0.2, 0.25) is 12.5 Å². The fourth-order valence-electron chi connectivity index (χ4n) is 5.85. The number of hydrogen-bond acceptors (Lipinski definition) is 9. The van der Waals surface area contributed by atoms with Crippen LogP contribution in [0, 0.1) is 11.8 Å². The van der Waals surface area contributed by atoms with Gasteiger partial charge >= 0.3 is 5.97 Å². The number of ether oxygens (including phenoxy) is 5. The lowest BCUT2D eigenvalue weighted by molar-refractivity contribution is -0.141. The second-order valence-corrected chi connectivity index (χ2v) is 9.66. The lowest BCUT2D eigenvalue weighted by Gasteiger charge is -2.40. The minimum atomic E-state index is -0.532. The van der Waals surface area contributed by atoms with E-state index in [1.54, 1.807) is 18.2 Å². The van der Waals surface area contributed by atoms with Crippen molar-refractivity contribution in [3.8, 4) is 28.7 Å². The normalized spacial score (nSPS) is 22.8. The van der Waals surface area contributed by atoms with Gasteiger partial charge in [0.1, 0.15) is 0 Å². The van der Waals surface area contributed by atoms with E-state index in [4.69, 9.17) is 23.7 Å². The first-order valence-corrected chi connectivity index (χ1v) is 12.3. The molecule has 0 amide bonds. The van der Waals surface area contributed by atoms with Gasteiger partial charge in [-0.05, 0) is 60.0 Å². The molecule has 0 spiro atoms. The highest BCUT2D eigenvalue weighted by molar-refractivity contribution is 5.95. The first-order chi connectivity index (χ1) is 18.4. The van der Waals surface area contributed by atoms with Gasteiger partial charge in [-0.1, -0.05) is 12.1 Å². The van der Waals surface area contributed by atoms with Gasteiger partial charge < -0.3 is 34.1 Å². The monoisotopic (exact) mass is 517 g/mol. The van der Waals surface area contributed by atoms with E-state index >= 15 is 0 Å². The lowest BCUT2D eigenvalue weighted by Crippen LogP contribution is -2.37. The molecule has 0 saturated carbocycles. The summed E-state index contributed by atoms with van der Waals surface area (Å²) in [5, 5.41) is 14.1. The maximum atomic E-state index is 13.3. The fourth-order valence-corrected chi connectivity index (χ4v) is 5.85. The molecule has 3 aromatic rings. The van der Waals surface area contributed by atoms with E-state index in [1.807, 2.05) is 30.3 Å². The number of phenols is 1. The summed E-state index contributed by atoms with van der Waals surface area (Å²) >= 11 is 0. The number of cyclic esters (lactones) is 1.